The minimum absolute atomic E-state index is 0.0533. The topological polar surface area (TPSA) is 72.9 Å². The number of aromatic nitrogens is 2. The lowest BCUT2D eigenvalue weighted by Crippen LogP contribution is -2.33. The highest BCUT2D eigenvalue weighted by Gasteiger charge is 2.05. The van der Waals surface area contributed by atoms with Crippen LogP contribution in [0.15, 0.2) is 36.5 Å². The van der Waals surface area contributed by atoms with Gasteiger partial charge in [-0.05, 0) is 30.3 Å². The number of halogens is 1. The van der Waals surface area contributed by atoms with Gasteiger partial charge in [-0.2, -0.15) is 5.10 Å². The molecule has 0 unspecified atom stereocenters. The SMILES string of the molecule is NNC(=O)Cn1ccc(-c2ccc(F)cc2)n1. The van der Waals surface area contributed by atoms with E-state index in [1.165, 1.54) is 16.8 Å². The monoisotopic (exact) mass is 234 g/mol. The quantitative estimate of drug-likeness (QED) is 0.466. The number of carbonyl (C=O) groups excluding carboxylic acids is 1. The normalized spacial score (nSPS) is 10.2. The first-order chi connectivity index (χ1) is 8.19. The fraction of sp³-hybridized carbons (Fsp3) is 0.0909. The Morgan fingerprint density at radius 1 is 1.35 bits per heavy atom. The lowest BCUT2D eigenvalue weighted by Gasteiger charge is -1.99. The number of nitrogens with two attached hydrogens (primary N) is 1. The third-order valence-electron chi connectivity index (χ3n) is 2.25. The van der Waals surface area contributed by atoms with Crippen LogP contribution in [0.2, 0.25) is 0 Å². The van der Waals surface area contributed by atoms with Gasteiger partial charge in [0.2, 0.25) is 0 Å². The number of nitrogens with zero attached hydrogens (tertiary/aromatic N) is 2. The molecule has 17 heavy (non-hydrogen) atoms. The molecular weight excluding hydrogens is 223 g/mol. The fourth-order valence-electron chi connectivity index (χ4n) is 1.42. The molecule has 0 radical (unpaired) electrons. The summed E-state index contributed by atoms with van der Waals surface area (Å²) >= 11 is 0. The van der Waals surface area contributed by atoms with E-state index in [0.717, 1.165) is 5.56 Å². The molecule has 0 saturated heterocycles. The fourth-order valence-corrected chi connectivity index (χ4v) is 1.42. The summed E-state index contributed by atoms with van der Waals surface area (Å²) in [6.45, 7) is 0.0533. The van der Waals surface area contributed by atoms with Crippen LogP contribution in [-0.2, 0) is 11.3 Å². The van der Waals surface area contributed by atoms with Crippen molar-refractivity contribution in [3.05, 3.63) is 42.3 Å². The molecule has 1 aromatic carbocycles. The maximum Gasteiger partial charge on any atom is 0.255 e. The van der Waals surface area contributed by atoms with Crippen molar-refractivity contribution in [3.8, 4) is 11.3 Å². The van der Waals surface area contributed by atoms with E-state index in [1.54, 1.807) is 24.4 Å². The Morgan fingerprint density at radius 2 is 2.06 bits per heavy atom. The van der Waals surface area contributed by atoms with E-state index in [-0.39, 0.29) is 18.3 Å². The van der Waals surface area contributed by atoms with Crippen molar-refractivity contribution in [1.82, 2.24) is 15.2 Å². The van der Waals surface area contributed by atoms with Gasteiger partial charge >= 0.3 is 0 Å². The van der Waals surface area contributed by atoms with Gasteiger partial charge in [0.1, 0.15) is 12.4 Å². The van der Waals surface area contributed by atoms with E-state index in [4.69, 9.17) is 5.84 Å². The van der Waals surface area contributed by atoms with Gasteiger partial charge in [0.05, 0.1) is 5.69 Å². The molecule has 1 heterocycles. The first-order valence-electron chi connectivity index (χ1n) is 4.98. The second kappa shape index (κ2) is 4.75. The smallest absolute Gasteiger partial charge is 0.255 e. The van der Waals surface area contributed by atoms with E-state index in [0.29, 0.717) is 5.69 Å². The summed E-state index contributed by atoms with van der Waals surface area (Å²) in [6.07, 6.45) is 1.66. The van der Waals surface area contributed by atoms with Gasteiger partial charge in [-0.25, -0.2) is 10.2 Å². The maximum atomic E-state index is 12.7. The zero-order chi connectivity index (χ0) is 12.3. The summed E-state index contributed by atoms with van der Waals surface area (Å²) < 4.78 is 14.2. The number of rotatable bonds is 3. The summed E-state index contributed by atoms with van der Waals surface area (Å²) in [5.41, 5.74) is 3.49. The van der Waals surface area contributed by atoms with Gasteiger partial charge in [-0.1, -0.05) is 0 Å². The van der Waals surface area contributed by atoms with E-state index in [9.17, 15) is 9.18 Å². The van der Waals surface area contributed by atoms with E-state index < -0.39 is 0 Å². The molecule has 0 bridgehead atoms. The van der Waals surface area contributed by atoms with Crippen LogP contribution in [-0.4, -0.2) is 15.7 Å². The molecule has 1 amide bonds. The number of hydrogen-bond acceptors (Lipinski definition) is 3. The minimum atomic E-state index is -0.334. The zero-order valence-corrected chi connectivity index (χ0v) is 8.93. The minimum Gasteiger partial charge on any atom is -0.293 e. The first-order valence-corrected chi connectivity index (χ1v) is 4.98. The largest absolute Gasteiger partial charge is 0.293 e. The average molecular weight is 234 g/mol. The third-order valence-corrected chi connectivity index (χ3v) is 2.25. The van der Waals surface area contributed by atoms with E-state index in [2.05, 4.69) is 5.10 Å². The molecule has 6 heteroatoms. The molecule has 88 valence electrons. The molecule has 0 aliphatic heterocycles. The molecule has 5 nitrogen and oxygen atoms in total. The lowest BCUT2D eigenvalue weighted by atomic mass is 10.1. The number of hydrazine groups is 1. The van der Waals surface area contributed by atoms with Crippen LogP contribution in [0, 0.1) is 5.82 Å². The highest BCUT2D eigenvalue weighted by molar-refractivity contribution is 5.75. The van der Waals surface area contributed by atoms with Crippen molar-refractivity contribution in [3.63, 3.8) is 0 Å². The van der Waals surface area contributed by atoms with Gasteiger partial charge in [0.25, 0.3) is 5.91 Å². The van der Waals surface area contributed by atoms with Crippen LogP contribution < -0.4 is 11.3 Å². The molecule has 2 rings (SSSR count). The molecule has 0 saturated carbocycles. The van der Waals surface area contributed by atoms with Crippen molar-refractivity contribution in [2.45, 2.75) is 6.54 Å². The maximum absolute atomic E-state index is 12.7. The van der Waals surface area contributed by atoms with Crippen molar-refractivity contribution >= 4 is 5.91 Å². The summed E-state index contributed by atoms with van der Waals surface area (Å²) in [7, 11) is 0. The predicted octanol–water partition coefficient (Wildman–Crippen LogP) is 0.679. The van der Waals surface area contributed by atoms with Crippen LogP contribution in [0.4, 0.5) is 4.39 Å². The van der Waals surface area contributed by atoms with Gasteiger partial charge in [-0.15, -0.1) is 0 Å². The number of amides is 1. The summed E-state index contributed by atoms with van der Waals surface area (Å²) in [5, 5.41) is 4.18. The predicted molar refractivity (Wildman–Crippen MR) is 60.0 cm³/mol. The first kappa shape index (κ1) is 11.3. The highest BCUT2D eigenvalue weighted by atomic mass is 19.1. The zero-order valence-electron chi connectivity index (χ0n) is 8.93. The average Bonchev–Trinajstić information content (AvgIpc) is 2.78. The Bertz CT molecular complexity index is 521. The Labute approximate surface area is 97.0 Å². The van der Waals surface area contributed by atoms with Crippen LogP contribution >= 0.6 is 0 Å². The van der Waals surface area contributed by atoms with Crippen molar-refractivity contribution in [2.24, 2.45) is 5.84 Å². The van der Waals surface area contributed by atoms with Crippen molar-refractivity contribution in [2.75, 3.05) is 0 Å². The highest BCUT2D eigenvalue weighted by Crippen LogP contribution is 2.16. The number of hydrogen-bond donors (Lipinski definition) is 2. The molecule has 3 N–H and O–H groups in total. The standard InChI is InChI=1S/C11H11FN4O/c12-9-3-1-8(2-4-9)10-5-6-16(15-10)7-11(17)14-13/h1-6H,7,13H2,(H,14,17). The molecule has 0 aliphatic carbocycles. The van der Waals surface area contributed by atoms with E-state index >= 15 is 0 Å². The van der Waals surface area contributed by atoms with Crippen molar-refractivity contribution in [1.29, 1.82) is 0 Å². The molecule has 0 fully saturated rings. The summed E-state index contributed by atoms with van der Waals surface area (Å²) in [5.74, 6) is 4.34. The number of benzene rings is 1. The molecule has 0 aliphatic rings. The van der Waals surface area contributed by atoms with Gasteiger partial charge in [0, 0.05) is 11.8 Å². The third kappa shape index (κ3) is 2.67. The molecule has 0 atom stereocenters. The Morgan fingerprint density at radius 3 is 2.71 bits per heavy atom. The van der Waals surface area contributed by atoms with Gasteiger partial charge in [-0.3, -0.25) is 14.9 Å². The number of carbonyl (C=O) groups is 1. The van der Waals surface area contributed by atoms with Crippen molar-refractivity contribution < 1.29 is 9.18 Å². The molecule has 2 aromatic rings. The molecule has 0 spiro atoms. The van der Waals surface area contributed by atoms with Gasteiger partial charge < -0.3 is 0 Å². The van der Waals surface area contributed by atoms with Crippen LogP contribution in [0.25, 0.3) is 11.3 Å². The lowest BCUT2D eigenvalue weighted by molar-refractivity contribution is -0.121. The van der Waals surface area contributed by atoms with Crippen LogP contribution in [0.1, 0.15) is 0 Å². The second-order valence-corrected chi connectivity index (χ2v) is 3.47. The Kier molecular flexibility index (Phi) is 3.15. The van der Waals surface area contributed by atoms with Gasteiger partial charge in [0.15, 0.2) is 0 Å². The Hall–Kier alpha value is -2.21. The molecular formula is C11H11FN4O. The Balaban J connectivity index is 2.18. The van der Waals surface area contributed by atoms with Crippen LogP contribution in [0.5, 0.6) is 0 Å². The number of nitrogens with one attached hydrogen (secondary N) is 1. The van der Waals surface area contributed by atoms with Crippen LogP contribution in [0.3, 0.4) is 0 Å². The van der Waals surface area contributed by atoms with E-state index in [1.807, 2.05) is 5.43 Å². The summed E-state index contributed by atoms with van der Waals surface area (Å²) in [6, 6.07) is 7.73. The summed E-state index contributed by atoms with van der Waals surface area (Å²) in [4.78, 5) is 11.0. The second-order valence-electron chi connectivity index (χ2n) is 3.47. The molecule has 1 aromatic heterocycles.